The van der Waals surface area contributed by atoms with Crippen LogP contribution in [0.3, 0.4) is 0 Å². The predicted molar refractivity (Wildman–Crippen MR) is 131 cm³/mol. The molecule has 4 fully saturated rings. The van der Waals surface area contributed by atoms with Crippen molar-refractivity contribution in [2.24, 2.45) is 11.3 Å². The zero-order chi connectivity index (χ0) is 23.2. The quantitative estimate of drug-likeness (QED) is 0.730. The van der Waals surface area contributed by atoms with Crippen molar-refractivity contribution in [2.45, 2.75) is 83.7 Å². The molecule has 4 aliphatic rings. The minimum absolute atomic E-state index is 0.211. The molecule has 0 bridgehead atoms. The Kier molecular flexibility index (Phi) is 6.15. The molecule has 6 nitrogen and oxygen atoms in total. The molecule has 33 heavy (non-hydrogen) atoms. The topological polar surface area (TPSA) is 64.1 Å². The van der Waals surface area contributed by atoms with Crippen LogP contribution in [0.1, 0.15) is 70.3 Å². The summed E-state index contributed by atoms with van der Waals surface area (Å²) >= 11 is 0. The molecule has 180 valence electrons. The summed E-state index contributed by atoms with van der Waals surface area (Å²) in [5.74, 6) is -0.781. The third kappa shape index (κ3) is 4.16. The van der Waals surface area contributed by atoms with Gasteiger partial charge in [-0.3, -0.25) is 14.5 Å². The molecule has 3 aliphatic heterocycles. The molecule has 0 radical (unpaired) electrons. The molecular weight excluding hydrogens is 414 g/mol. The first-order valence-electron chi connectivity index (χ1n) is 13.0. The predicted octanol–water partition coefficient (Wildman–Crippen LogP) is 4.45. The second kappa shape index (κ2) is 8.94. The smallest absolute Gasteiger partial charge is 0.306 e. The van der Waals surface area contributed by atoms with Gasteiger partial charge in [0.15, 0.2) is 0 Å². The minimum atomic E-state index is -0.711. The number of carboxylic acid groups (broad SMARTS) is 1. The summed E-state index contributed by atoms with van der Waals surface area (Å²) in [6.45, 7) is 8.71. The van der Waals surface area contributed by atoms with Crippen molar-refractivity contribution in [3.63, 3.8) is 0 Å². The number of aryl methyl sites for hydroxylation is 1. The minimum Gasteiger partial charge on any atom is -0.481 e. The Morgan fingerprint density at radius 3 is 2.33 bits per heavy atom. The van der Waals surface area contributed by atoms with Gasteiger partial charge in [0.05, 0.1) is 11.3 Å². The molecule has 1 saturated carbocycles. The van der Waals surface area contributed by atoms with Gasteiger partial charge >= 0.3 is 5.97 Å². The number of anilines is 2. The molecule has 1 atom stereocenters. The number of carbonyl (C=O) groups is 2. The first-order chi connectivity index (χ1) is 15.9. The van der Waals surface area contributed by atoms with Crippen molar-refractivity contribution < 1.29 is 14.7 Å². The number of piperidine rings is 1. The number of likely N-dealkylation sites (tertiary alicyclic amines) is 1. The van der Waals surface area contributed by atoms with E-state index in [4.69, 9.17) is 0 Å². The summed E-state index contributed by atoms with van der Waals surface area (Å²) in [6.07, 6.45) is 8.67. The van der Waals surface area contributed by atoms with Crippen LogP contribution in [0.4, 0.5) is 11.4 Å². The van der Waals surface area contributed by atoms with E-state index in [1.807, 2.05) is 4.90 Å². The number of hydrogen-bond donors (Lipinski definition) is 1. The number of nitrogens with zero attached hydrogens (tertiary/aromatic N) is 3. The molecule has 3 saturated heterocycles. The van der Waals surface area contributed by atoms with Crippen LogP contribution in [0, 0.1) is 18.3 Å². The third-order valence-corrected chi connectivity index (χ3v) is 9.18. The van der Waals surface area contributed by atoms with Crippen molar-refractivity contribution >= 4 is 23.3 Å². The van der Waals surface area contributed by atoms with Crippen LogP contribution in [0.25, 0.3) is 0 Å². The monoisotopic (exact) mass is 453 g/mol. The lowest BCUT2D eigenvalue weighted by Gasteiger charge is -2.39. The average molecular weight is 454 g/mol. The summed E-state index contributed by atoms with van der Waals surface area (Å²) in [7, 11) is 0. The highest BCUT2D eigenvalue weighted by atomic mass is 16.4. The highest BCUT2D eigenvalue weighted by Crippen LogP contribution is 2.48. The highest BCUT2D eigenvalue weighted by Gasteiger charge is 2.49. The van der Waals surface area contributed by atoms with E-state index in [1.54, 1.807) is 0 Å². The second-order valence-corrected chi connectivity index (χ2v) is 11.0. The standard InChI is InChI=1S/C27H39N3O3/c1-19-18-23(28-15-9-22(10-16-28)29-14-3-4-20(29)2)5-6-24(19)30-17-13-27(26(30)33)11-7-21(8-12-27)25(31)32/h5-6,18,20-22H,3-4,7-17H2,1-2H3,(H,31,32). The summed E-state index contributed by atoms with van der Waals surface area (Å²) in [4.78, 5) is 32.0. The average Bonchev–Trinajstić information content (AvgIpc) is 3.38. The molecule has 0 aromatic heterocycles. The lowest BCUT2D eigenvalue weighted by Crippen LogP contribution is -2.46. The maximum absolute atomic E-state index is 13.5. The molecule has 1 spiro atoms. The fourth-order valence-corrected chi connectivity index (χ4v) is 7.02. The lowest BCUT2D eigenvalue weighted by molar-refractivity contribution is -0.145. The molecule has 1 aromatic carbocycles. The number of carbonyl (C=O) groups excluding carboxylic acids is 1. The number of benzene rings is 1. The van der Waals surface area contributed by atoms with E-state index in [9.17, 15) is 14.7 Å². The van der Waals surface area contributed by atoms with Gasteiger partial charge in [-0.15, -0.1) is 0 Å². The second-order valence-electron chi connectivity index (χ2n) is 11.0. The van der Waals surface area contributed by atoms with Gasteiger partial charge in [0.1, 0.15) is 0 Å². The zero-order valence-corrected chi connectivity index (χ0v) is 20.3. The normalized spacial score (nSPS) is 31.6. The maximum atomic E-state index is 13.5. The Balaban J connectivity index is 1.23. The summed E-state index contributed by atoms with van der Waals surface area (Å²) in [6, 6.07) is 8.06. The first-order valence-corrected chi connectivity index (χ1v) is 13.0. The first kappa shape index (κ1) is 22.7. The van der Waals surface area contributed by atoms with Crippen molar-refractivity contribution in [3.05, 3.63) is 23.8 Å². The number of aliphatic carboxylic acids is 1. The van der Waals surface area contributed by atoms with Gasteiger partial charge < -0.3 is 14.9 Å². The Morgan fingerprint density at radius 2 is 1.73 bits per heavy atom. The zero-order valence-electron chi connectivity index (χ0n) is 20.3. The van der Waals surface area contributed by atoms with Gasteiger partial charge in [-0.05, 0) is 102 Å². The highest BCUT2D eigenvalue weighted by molar-refractivity contribution is 6.00. The molecule has 1 aliphatic carbocycles. The molecule has 3 heterocycles. The van der Waals surface area contributed by atoms with Gasteiger partial charge in [0, 0.05) is 43.1 Å². The molecule has 5 rings (SSSR count). The molecule has 1 unspecified atom stereocenters. The van der Waals surface area contributed by atoms with Crippen molar-refractivity contribution in [2.75, 3.05) is 36.0 Å². The SMILES string of the molecule is Cc1cc(N2CCC(N3CCCC3C)CC2)ccc1N1CCC2(CCC(C(=O)O)CC2)C1=O. The fraction of sp³-hybridized carbons (Fsp3) is 0.704. The van der Waals surface area contributed by atoms with Gasteiger partial charge in [-0.25, -0.2) is 0 Å². The van der Waals surface area contributed by atoms with Gasteiger partial charge in [0.2, 0.25) is 5.91 Å². The number of hydrogen-bond acceptors (Lipinski definition) is 4. The molecular formula is C27H39N3O3. The Bertz CT molecular complexity index is 900. The van der Waals surface area contributed by atoms with E-state index in [1.165, 1.54) is 37.9 Å². The Morgan fingerprint density at radius 1 is 1.00 bits per heavy atom. The largest absolute Gasteiger partial charge is 0.481 e. The van der Waals surface area contributed by atoms with E-state index in [2.05, 4.69) is 41.8 Å². The summed E-state index contributed by atoms with van der Waals surface area (Å²) in [5.41, 5.74) is 3.12. The molecule has 1 N–H and O–H groups in total. The van der Waals surface area contributed by atoms with Crippen LogP contribution < -0.4 is 9.80 Å². The van der Waals surface area contributed by atoms with Gasteiger partial charge in [0.25, 0.3) is 0 Å². The van der Waals surface area contributed by atoms with Crippen LogP contribution >= 0.6 is 0 Å². The van der Waals surface area contributed by atoms with Crippen LogP contribution in [-0.4, -0.2) is 60.1 Å². The van der Waals surface area contributed by atoms with E-state index in [0.29, 0.717) is 25.7 Å². The Labute approximate surface area is 197 Å². The van der Waals surface area contributed by atoms with Gasteiger partial charge in [-0.1, -0.05) is 0 Å². The van der Waals surface area contributed by atoms with Crippen LogP contribution in [0.2, 0.25) is 0 Å². The molecule has 1 amide bonds. The summed E-state index contributed by atoms with van der Waals surface area (Å²) < 4.78 is 0. The molecule has 1 aromatic rings. The van der Waals surface area contributed by atoms with Crippen LogP contribution in [0.15, 0.2) is 18.2 Å². The maximum Gasteiger partial charge on any atom is 0.306 e. The lowest BCUT2D eigenvalue weighted by atomic mass is 9.69. The molecule has 6 heteroatoms. The van der Waals surface area contributed by atoms with E-state index in [0.717, 1.165) is 49.4 Å². The Hall–Kier alpha value is -2.08. The van der Waals surface area contributed by atoms with Crippen molar-refractivity contribution in [1.82, 2.24) is 4.90 Å². The van der Waals surface area contributed by atoms with Crippen molar-refractivity contribution in [3.8, 4) is 0 Å². The fourth-order valence-electron chi connectivity index (χ4n) is 7.02. The third-order valence-electron chi connectivity index (χ3n) is 9.18. The van der Waals surface area contributed by atoms with Crippen molar-refractivity contribution in [1.29, 1.82) is 0 Å². The number of rotatable bonds is 4. The van der Waals surface area contributed by atoms with Crippen LogP contribution in [-0.2, 0) is 9.59 Å². The van der Waals surface area contributed by atoms with E-state index < -0.39 is 5.97 Å². The number of amides is 1. The van der Waals surface area contributed by atoms with E-state index >= 15 is 0 Å². The summed E-state index contributed by atoms with van der Waals surface area (Å²) in [5, 5.41) is 9.31. The van der Waals surface area contributed by atoms with E-state index in [-0.39, 0.29) is 17.2 Å². The van der Waals surface area contributed by atoms with Crippen LogP contribution in [0.5, 0.6) is 0 Å². The number of carboxylic acids is 1. The van der Waals surface area contributed by atoms with Gasteiger partial charge in [-0.2, -0.15) is 0 Å².